The van der Waals surface area contributed by atoms with E-state index in [0.29, 0.717) is 17.5 Å². The van der Waals surface area contributed by atoms with Crippen LogP contribution < -0.4 is 5.69 Å². The molecule has 15 heavy (non-hydrogen) atoms. The lowest BCUT2D eigenvalue weighted by Crippen LogP contribution is -2.19. The summed E-state index contributed by atoms with van der Waals surface area (Å²) in [6, 6.07) is 0.0678. The molecule has 0 bridgehead atoms. The summed E-state index contributed by atoms with van der Waals surface area (Å²) in [5.74, 6) is 0.612. The number of aromatic nitrogens is 3. The highest BCUT2D eigenvalue weighted by atomic mass is 32.2. The van der Waals surface area contributed by atoms with Crippen molar-refractivity contribution in [3.63, 3.8) is 0 Å². The van der Waals surface area contributed by atoms with Crippen LogP contribution in [0, 0.1) is 0 Å². The molecule has 0 saturated heterocycles. The lowest BCUT2D eigenvalue weighted by atomic mass is 10.4. The Labute approximate surface area is 90.5 Å². The summed E-state index contributed by atoms with van der Waals surface area (Å²) in [6.45, 7) is 4.21. The van der Waals surface area contributed by atoms with Crippen molar-refractivity contribution in [2.75, 3.05) is 12.3 Å². The van der Waals surface area contributed by atoms with Crippen LogP contribution in [0.15, 0.2) is 15.1 Å². The van der Waals surface area contributed by atoms with Crippen LogP contribution in [0.4, 0.5) is 0 Å². The molecule has 1 heterocycles. The molecule has 0 saturated carbocycles. The number of thioether (sulfide) groups is 1. The highest BCUT2D eigenvalue weighted by molar-refractivity contribution is 7.99. The van der Waals surface area contributed by atoms with E-state index >= 15 is 0 Å². The summed E-state index contributed by atoms with van der Waals surface area (Å²) in [5, 5.41) is 10.3. The van der Waals surface area contributed by atoms with Gasteiger partial charge in [0.05, 0.1) is 0 Å². The Hall–Kier alpha value is -1.40. The van der Waals surface area contributed by atoms with E-state index in [-0.39, 0.29) is 11.7 Å². The summed E-state index contributed by atoms with van der Waals surface area (Å²) in [6.07, 6.45) is 0. The second kappa shape index (κ2) is 5.47. The molecule has 0 aliphatic heterocycles. The van der Waals surface area contributed by atoms with Gasteiger partial charge in [0.1, 0.15) is 0 Å². The minimum Gasteiger partial charge on any atom is -0.268 e. The monoisotopic (exact) mass is 228 g/mol. The van der Waals surface area contributed by atoms with E-state index in [1.807, 2.05) is 13.8 Å². The van der Waals surface area contributed by atoms with Gasteiger partial charge in [-0.15, -0.1) is 5.10 Å². The molecule has 0 unspecified atom stereocenters. The molecule has 0 aliphatic carbocycles. The summed E-state index contributed by atoms with van der Waals surface area (Å²) in [4.78, 5) is 14.0. The Balaban J connectivity index is 2.68. The third kappa shape index (κ3) is 3.03. The largest absolute Gasteiger partial charge is 0.344 e. The Kier molecular flexibility index (Phi) is 4.26. The highest BCUT2D eigenvalue weighted by Gasteiger charge is 2.10. The standard InChI is InChI=1S/C7H12N6OS/c1-5(2)13-6(14)10-11-7(13)15-4-3-9-12-8/h5H,3-4H2,1-2H3,(H,10,14). The van der Waals surface area contributed by atoms with Gasteiger partial charge < -0.3 is 0 Å². The Morgan fingerprint density at radius 2 is 2.47 bits per heavy atom. The molecule has 1 aromatic heterocycles. The van der Waals surface area contributed by atoms with Crippen LogP contribution in [-0.4, -0.2) is 27.1 Å². The van der Waals surface area contributed by atoms with Gasteiger partial charge in [-0.05, 0) is 19.4 Å². The number of azide groups is 1. The topological polar surface area (TPSA) is 99.4 Å². The summed E-state index contributed by atoms with van der Waals surface area (Å²) >= 11 is 1.39. The third-order valence-corrected chi connectivity index (χ3v) is 2.61. The lowest BCUT2D eigenvalue weighted by Gasteiger charge is -2.07. The fraction of sp³-hybridized carbons (Fsp3) is 0.714. The maximum Gasteiger partial charge on any atom is 0.344 e. The number of H-pyrrole nitrogens is 1. The lowest BCUT2D eigenvalue weighted by molar-refractivity contribution is 0.534. The van der Waals surface area contributed by atoms with Crippen molar-refractivity contribution in [3.05, 3.63) is 20.9 Å². The molecule has 0 aromatic carbocycles. The van der Waals surface area contributed by atoms with Crippen molar-refractivity contribution in [2.45, 2.75) is 25.0 Å². The first-order chi connectivity index (χ1) is 7.16. The first-order valence-corrected chi connectivity index (χ1v) is 5.46. The fourth-order valence-corrected chi connectivity index (χ4v) is 1.97. The Morgan fingerprint density at radius 1 is 1.73 bits per heavy atom. The molecule has 0 aliphatic rings. The van der Waals surface area contributed by atoms with Gasteiger partial charge >= 0.3 is 5.69 Å². The van der Waals surface area contributed by atoms with Crippen molar-refractivity contribution in [1.82, 2.24) is 14.8 Å². The fourth-order valence-electron chi connectivity index (χ4n) is 1.07. The molecule has 0 fully saturated rings. The number of nitrogens with one attached hydrogen (secondary N) is 1. The third-order valence-electron chi connectivity index (χ3n) is 1.67. The summed E-state index contributed by atoms with van der Waals surface area (Å²) < 4.78 is 1.57. The molecule has 1 aromatic rings. The highest BCUT2D eigenvalue weighted by Crippen LogP contribution is 2.16. The normalized spacial score (nSPS) is 10.3. The van der Waals surface area contributed by atoms with Gasteiger partial charge in [-0.1, -0.05) is 16.9 Å². The van der Waals surface area contributed by atoms with Gasteiger partial charge in [-0.25, -0.2) is 9.89 Å². The smallest absolute Gasteiger partial charge is 0.268 e. The molecule has 0 atom stereocenters. The zero-order chi connectivity index (χ0) is 11.3. The minimum absolute atomic E-state index is 0.0678. The maximum atomic E-state index is 11.3. The van der Waals surface area contributed by atoms with Gasteiger partial charge in [0, 0.05) is 23.3 Å². The molecule has 1 N–H and O–H groups in total. The molecule has 7 nitrogen and oxygen atoms in total. The first-order valence-electron chi connectivity index (χ1n) is 4.47. The van der Waals surface area contributed by atoms with Crippen molar-refractivity contribution >= 4 is 11.8 Å². The average Bonchev–Trinajstić information content (AvgIpc) is 2.54. The molecule has 82 valence electrons. The van der Waals surface area contributed by atoms with Crippen LogP contribution >= 0.6 is 11.8 Å². The number of hydrogen-bond acceptors (Lipinski definition) is 4. The van der Waals surface area contributed by atoms with E-state index in [0.717, 1.165) is 0 Å². The molecule has 0 spiro atoms. The van der Waals surface area contributed by atoms with Gasteiger partial charge in [0.25, 0.3) is 0 Å². The molecule has 8 heteroatoms. The number of aromatic amines is 1. The van der Waals surface area contributed by atoms with Gasteiger partial charge in [-0.2, -0.15) is 0 Å². The predicted octanol–water partition coefficient (Wildman–Crippen LogP) is 1.55. The Morgan fingerprint density at radius 3 is 3.07 bits per heavy atom. The predicted molar refractivity (Wildman–Crippen MR) is 58.0 cm³/mol. The quantitative estimate of drug-likeness (QED) is 0.272. The van der Waals surface area contributed by atoms with Gasteiger partial charge in [-0.3, -0.25) is 4.57 Å². The van der Waals surface area contributed by atoms with E-state index < -0.39 is 0 Å². The van der Waals surface area contributed by atoms with E-state index in [1.54, 1.807) is 4.57 Å². The number of hydrogen-bond donors (Lipinski definition) is 1. The summed E-state index contributed by atoms with van der Waals surface area (Å²) in [7, 11) is 0. The molecule has 0 radical (unpaired) electrons. The van der Waals surface area contributed by atoms with Gasteiger partial charge in [0.15, 0.2) is 5.16 Å². The van der Waals surface area contributed by atoms with Crippen LogP contribution in [0.2, 0.25) is 0 Å². The van der Waals surface area contributed by atoms with Gasteiger partial charge in [0.2, 0.25) is 0 Å². The molecule has 1 rings (SSSR count). The van der Waals surface area contributed by atoms with Crippen molar-refractivity contribution in [3.8, 4) is 0 Å². The van der Waals surface area contributed by atoms with Crippen molar-refractivity contribution < 1.29 is 0 Å². The zero-order valence-corrected chi connectivity index (χ0v) is 9.36. The van der Waals surface area contributed by atoms with Crippen LogP contribution in [0.1, 0.15) is 19.9 Å². The molecular weight excluding hydrogens is 216 g/mol. The van der Waals surface area contributed by atoms with Crippen LogP contribution in [0.3, 0.4) is 0 Å². The maximum absolute atomic E-state index is 11.3. The van der Waals surface area contributed by atoms with E-state index in [2.05, 4.69) is 20.2 Å². The zero-order valence-electron chi connectivity index (χ0n) is 8.54. The minimum atomic E-state index is -0.212. The number of rotatable bonds is 5. The average molecular weight is 228 g/mol. The second-order valence-corrected chi connectivity index (χ2v) is 4.14. The van der Waals surface area contributed by atoms with Crippen LogP contribution in [0.5, 0.6) is 0 Å². The van der Waals surface area contributed by atoms with E-state index in [1.165, 1.54) is 11.8 Å². The first kappa shape index (κ1) is 11.7. The molecule has 0 amide bonds. The van der Waals surface area contributed by atoms with E-state index in [4.69, 9.17) is 5.53 Å². The second-order valence-electron chi connectivity index (χ2n) is 3.08. The van der Waals surface area contributed by atoms with E-state index in [9.17, 15) is 4.79 Å². The molecular formula is C7H12N6OS. The van der Waals surface area contributed by atoms with Crippen LogP contribution in [0.25, 0.3) is 10.4 Å². The van der Waals surface area contributed by atoms with Crippen molar-refractivity contribution in [1.29, 1.82) is 0 Å². The SMILES string of the molecule is CC(C)n1c(SCCN=[N+]=[N-])n[nH]c1=O. The van der Waals surface area contributed by atoms with Crippen molar-refractivity contribution in [2.24, 2.45) is 5.11 Å². The Bertz CT molecular complexity index is 415. The van der Waals surface area contributed by atoms with Crippen LogP contribution in [-0.2, 0) is 0 Å². The number of nitrogens with zero attached hydrogens (tertiary/aromatic N) is 5. The summed E-state index contributed by atoms with van der Waals surface area (Å²) in [5.41, 5.74) is 7.87.